The van der Waals surface area contributed by atoms with Crippen LogP contribution in [0.15, 0.2) is 30.5 Å². The fourth-order valence-electron chi connectivity index (χ4n) is 2.69. The van der Waals surface area contributed by atoms with Crippen molar-refractivity contribution < 1.29 is 14.7 Å². The number of nitrogens with one attached hydrogen (secondary N) is 1. The van der Waals surface area contributed by atoms with Crippen molar-refractivity contribution in [2.24, 2.45) is 18.7 Å². The second-order valence-electron chi connectivity index (χ2n) is 6.16. The average Bonchev–Trinajstić information content (AvgIpc) is 2.80. The number of amides is 1. The molecular weight excluding hydrogens is 294 g/mol. The zero-order valence-corrected chi connectivity index (χ0v) is 13.6. The molecular formula is C17H23N3O3. The van der Waals surface area contributed by atoms with Crippen LogP contribution in [-0.2, 0) is 23.1 Å². The lowest BCUT2D eigenvalue weighted by molar-refractivity contribution is -0.143. The number of carbonyl (C=O) groups is 2. The van der Waals surface area contributed by atoms with Gasteiger partial charge in [0.1, 0.15) is 6.04 Å². The molecule has 2 rings (SSSR count). The first-order valence-electron chi connectivity index (χ1n) is 7.63. The molecule has 6 heteroatoms. The number of para-hydroxylation sites is 1. The fourth-order valence-corrected chi connectivity index (χ4v) is 2.69. The normalized spacial score (nSPS) is 14.0. The van der Waals surface area contributed by atoms with Crippen LogP contribution >= 0.6 is 0 Å². The summed E-state index contributed by atoms with van der Waals surface area (Å²) in [7, 11) is 1.94. The molecule has 0 aliphatic heterocycles. The van der Waals surface area contributed by atoms with Crippen LogP contribution < -0.4 is 11.1 Å². The minimum atomic E-state index is -1.05. The van der Waals surface area contributed by atoms with Crippen LogP contribution in [0.3, 0.4) is 0 Å². The van der Waals surface area contributed by atoms with Gasteiger partial charge in [-0.1, -0.05) is 32.0 Å². The van der Waals surface area contributed by atoms with E-state index in [1.54, 1.807) is 13.8 Å². The summed E-state index contributed by atoms with van der Waals surface area (Å²) in [5, 5.41) is 12.7. The SMILES string of the molecule is CC(C)[C@@H](NC(=O)[C@H](N)Cc1cn(C)c2ccccc12)C(=O)O. The smallest absolute Gasteiger partial charge is 0.326 e. The van der Waals surface area contributed by atoms with E-state index in [0.29, 0.717) is 6.42 Å². The van der Waals surface area contributed by atoms with Crippen LogP contribution in [0, 0.1) is 5.92 Å². The third kappa shape index (κ3) is 3.71. The molecule has 6 nitrogen and oxygen atoms in total. The molecule has 4 N–H and O–H groups in total. The third-order valence-corrected chi connectivity index (χ3v) is 3.99. The van der Waals surface area contributed by atoms with E-state index in [0.717, 1.165) is 16.5 Å². The molecule has 0 saturated carbocycles. The van der Waals surface area contributed by atoms with E-state index in [1.807, 2.05) is 42.1 Å². The first-order valence-corrected chi connectivity index (χ1v) is 7.63. The Kier molecular flexibility index (Phi) is 5.05. The predicted octanol–water partition coefficient (Wildman–Crippen LogP) is 1.27. The number of hydrogen-bond donors (Lipinski definition) is 3. The minimum Gasteiger partial charge on any atom is -0.480 e. The number of nitrogens with two attached hydrogens (primary N) is 1. The number of carbonyl (C=O) groups excluding carboxylic acids is 1. The van der Waals surface area contributed by atoms with Gasteiger partial charge in [0.15, 0.2) is 0 Å². The van der Waals surface area contributed by atoms with Crippen molar-refractivity contribution in [1.82, 2.24) is 9.88 Å². The molecule has 1 aromatic carbocycles. The number of aryl methyl sites for hydroxylation is 1. The van der Waals surface area contributed by atoms with Gasteiger partial charge in [0, 0.05) is 24.1 Å². The maximum atomic E-state index is 12.2. The third-order valence-electron chi connectivity index (χ3n) is 3.99. The Morgan fingerprint density at radius 2 is 1.96 bits per heavy atom. The molecule has 2 aromatic rings. The summed E-state index contributed by atoms with van der Waals surface area (Å²) in [5.41, 5.74) is 8.03. The first-order chi connectivity index (χ1) is 10.8. The number of carboxylic acids is 1. The lowest BCUT2D eigenvalue weighted by Crippen LogP contribution is -2.51. The van der Waals surface area contributed by atoms with Crippen molar-refractivity contribution in [3.8, 4) is 0 Å². The van der Waals surface area contributed by atoms with Crippen LogP contribution in [0.5, 0.6) is 0 Å². The first kappa shape index (κ1) is 17.0. The molecule has 1 aromatic heterocycles. The molecule has 124 valence electrons. The fraction of sp³-hybridized carbons (Fsp3) is 0.412. The Hall–Kier alpha value is -2.34. The second-order valence-corrected chi connectivity index (χ2v) is 6.16. The number of hydrogen-bond acceptors (Lipinski definition) is 3. The summed E-state index contributed by atoms with van der Waals surface area (Å²) < 4.78 is 1.99. The molecule has 0 aliphatic carbocycles. The number of nitrogens with zero attached hydrogens (tertiary/aromatic N) is 1. The zero-order chi connectivity index (χ0) is 17.1. The van der Waals surface area contributed by atoms with Gasteiger partial charge in [0.05, 0.1) is 6.04 Å². The van der Waals surface area contributed by atoms with Crippen molar-refractivity contribution >= 4 is 22.8 Å². The summed E-state index contributed by atoms with van der Waals surface area (Å²) in [6.07, 6.45) is 2.31. The summed E-state index contributed by atoms with van der Waals surface area (Å²) in [4.78, 5) is 23.4. The van der Waals surface area contributed by atoms with E-state index in [2.05, 4.69) is 5.32 Å². The van der Waals surface area contributed by atoms with Crippen molar-refractivity contribution in [3.05, 3.63) is 36.0 Å². The maximum Gasteiger partial charge on any atom is 0.326 e. The van der Waals surface area contributed by atoms with E-state index in [9.17, 15) is 9.59 Å². The minimum absolute atomic E-state index is 0.207. The zero-order valence-electron chi connectivity index (χ0n) is 13.6. The Labute approximate surface area is 135 Å². The topological polar surface area (TPSA) is 97.4 Å². The van der Waals surface area contributed by atoms with Gasteiger partial charge >= 0.3 is 5.97 Å². The lowest BCUT2D eigenvalue weighted by Gasteiger charge is -2.20. The van der Waals surface area contributed by atoms with Crippen LogP contribution in [0.4, 0.5) is 0 Å². The summed E-state index contributed by atoms with van der Waals surface area (Å²) in [6.45, 7) is 3.49. The molecule has 1 heterocycles. The number of aliphatic carboxylic acids is 1. The Balaban J connectivity index is 2.13. The summed E-state index contributed by atoms with van der Waals surface area (Å²) in [5.74, 6) is -1.70. The molecule has 0 unspecified atom stereocenters. The van der Waals surface area contributed by atoms with Crippen LogP contribution in [0.25, 0.3) is 10.9 Å². The Morgan fingerprint density at radius 1 is 1.30 bits per heavy atom. The number of benzene rings is 1. The predicted molar refractivity (Wildman–Crippen MR) is 89.0 cm³/mol. The van der Waals surface area contributed by atoms with Gasteiger partial charge in [0.25, 0.3) is 0 Å². The summed E-state index contributed by atoms with van der Waals surface area (Å²) in [6, 6.07) is 6.17. The molecule has 0 spiro atoms. The van der Waals surface area contributed by atoms with Crippen molar-refractivity contribution in [2.75, 3.05) is 0 Å². The van der Waals surface area contributed by atoms with Crippen molar-refractivity contribution in [3.63, 3.8) is 0 Å². The van der Waals surface area contributed by atoms with Gasteiger partial charge in [-0.15, -0.1) is 0 Å². The molecule has 0 fully saturated rings. The molecule has 0 saturated heterocycles. The molecule has 23 heavy (non-hydrogen) atoms. The van der Waals surface area contributed by atoms with Crippen LogP contribution in [0.1, 0.15) is 19.4 Å². The quantitative estimate of drug-likeness (QED) is 0.747. The highest BCUT2D eigenvalue weighted by Gasteiger charge is 2.26. The van der Waals surface area contributed by atoms with E-state index in [4.69, 9.17) is 10.8 Å². The second kappa shape index (κ2) is 6.83. The Morgan fingerprint density at radius 3 is 2.57 bits per heavy atom. The maximum absolute atomic E-state index is 12.2. The van der Waals surface area contributed by atoms with Crippen LogP contribution in [-0.4, -0.2) is 33.6 Å². The van der Waals surface area contributed by atoms with E-state index in [-0.39, 0.29) is 5.92 Å². The van der Waals surface area contributed by atoms with Gasteiger partial charge in [-0.3, -0.25) is 4.79 Å². The van der Waals surface area contributed by atoms with Gasteiger partial charge < -0.3 is 20.7 Å². The Bertz CT molecular complexity index is 721. The highest BCUT2D eigenvalue weighted by molar-refractivity contribution is 5.89. The molecule has 1 amide bonds. The molecule has 2 atom stereocenters. The van der Waals surface area contributed by atoms with Crippen LogP contribution in [0.2, 0.25) is 0 Å². The number of aromatic nitrogens is 1. The van der Waals surface area contributed by atoms with Gasteiger partial charge in [0.2, 0.25) is 5.91 Å². The summed E-state index contributed by atoms with van der Waals surface area (Å²) >= 11 is 0. The number of rotatable bonds is 6. The molecule has 0 radical (unpaired) electrons. The van der Waals surface area contributed by atoms with E-state index in [1.165, 1.54) is 0 Å². The van der Waals surface area contributed by atoms with Crippen molar-refractivity contribution in [2.45, 2.75) is 32.4 Å². The monoisotopic (exact) mass is 317 g/mol. The van der Waals surface area contributed by atoms with Gasteiger partial charge in [-0.2, -0.15) is 0 Å². The average molecular weight is 317 g/mol. The standard InChI is InChI=1S/C17H23N3O3/c1-10(2)15(17(22)23)19-16(21)13(18)8-11-9-20(3)14-7-5-4-6-12(11)14/h4-7,9-10,13,15H,8,18H2,1-3H3,(H,19,21)(H,22,23)/t13-,15-/m1/s1. The van der Waals surface area contributed by atoms with Gasteiger partial charge in [-0.25, -0.2) is 4.79 Å². The number of carboxylic acid groups (broad SMARTS) is 1. The molecule has 0 aliphatic rings. The highest BCUT2D eigenvalue weighted by Crippen LogP contribution is 2.21. The number of fused-ring (bicyclic) bond motifs is 1. The van der Waals surface area contributed by atoms with Gasteiger partial charge in [-0.05, 0) is 24.0 Å². The highest BCUT2D eigenvalue weighted by atomic mass is 16.4. The largest absolute Gasteiger partial charge is 0.480 e. The van der Waals surface area contributed by atoms with Crippen molar-refractivity contribution in [1.29, 1.82) is 0 Å². The molecule has 0 bridgehead atoms. The lowest BCUT2D eigenvalue weighted by atomic mass is 10.0. The van der Waals surface area contributed by atoms with E-state index < -0.39 is 24.0 Å². The van der Waals surface area contributed by atoms with E-state index >= 15 is 0 Å².